The Kier molecular flexibility index (Phi) is 39.1. The molecule has 0 fully saturated rings. The molecule has 50 heavy (non-hydrogen) atoms. The molecule has 1 N–H and O–H groups in total. The zero-order valence-corrected chi connectivity index (χ0v) is 37.1. The van der Waals surface area contributed by atoms with Crippen LogP contribution in [0.2, 0.25) is 0 Å². The van der Waals surface area contributed by atoms with Crippen LogP contribution >= 0.6 is 86.4 Å². The van der Waals surface area contributed by atoms with Crippen molar-refractivity contribution in [3.8, 4) is 0 Å². The Hall–Kier alpha value is 1.01. The number of rotatable bonds is 37. The zero-order chi connectivity index (χ0) is 37.1. The maximum Gasteiger partial charge on any atom is 0.307 e. The largest absolute Gasteiger partial charge is 0.465 e. The van der Waals surface area contributed by atoms with Gasteiger partial charge in [-0.15, -0.1) is 0 Å². The van der Waals surface area contributed by atoms with Gasteiger partial charge in [0, 0.05) is 55.6 Å². The van der Waals surface area contributed by atoms with Gasteiger partial charge >= 0.3 is 17.9 Å². The molecule has 19 heteroatoms. The lowest BCUT2D eigenvalue weighted by atomic mass is 10.2. The van der Waals surface area contributed by atoms with Crippen LogP contribution in [0, 0.1) is 0 Å². The molecular formula is C31H61N3O8S8. The van der Waals surface area contributed by atoms with Gasteiger partial charge in [-0.25, -0.2) is 0 Å². The first-order valence-corrected chi connectivity index (χ1v) is 27.7. The fraction of sp³-hybridized carbons (Fsp3) is 0.903. The lowest BCUT2D eigenvalue weighted by Gasteiger charge is -2.26. The van der Waals surface area contributed by atoms with E-state index in [-0.39, 0.29) is 30.7 Å². The van der Waals surface area contributed by atoms with E-state index in [1.165, 1.54) is 0 Å². The third-order valence-electron chi connectivity index (χ3n) is 6.85. The number of carbonyl (C=O) groups excluding carboxylic acids is 3. The highest BCUT2D eigenvalue weighted by molar-refractivity contribution is 8.77. The first-order valence-electron chi connectivity index (χ1n) is 16.8. The first-order chi connectivity index (χ1) is 24.2. The minimum atomic E-state index is -0.830. The van der Waals surface area contributed by atoms with Gasteiger partial charge in [-0.2, -0.15) is 0 Å². The van der Waals surface area contributed by atoms with Crippen LogP contribution in [-0.4, -0.2) is 178 Å². The summed E-state index contributed by atoms with van der Waals surface area (Å²) in [6.45, 7) is 7.27. The lowest BCUT2D eigenvalue weighted by Crippen LogP contribution is -2.34. The molecule has 0 aliphatic carbocycles. The van der Waals surface area contributed by atoms with Gasteiger partial charge in [0.15, 0.2) is 6.29 Å². The second-order valence-electron chi connectivity index (χ2n) is 10.7. The number of esters is 3. The van der Waals surface area contributed by atoms with E-state index in [4.69, 9.17) is 18.9 Å². The van der Waals surface area contributed by atoms with Crippen LogP contribution in [0.5, 0.6) is 0 Å². The summed E-state index contributed by atoms with van der Waals surface area (Å²) in [5.41, 5.74) is 0. The molecule has 0 rings (SSSR count). The Morgan fingerprint density at radius 1 is 0.540 bits per heavy atom. The van der Waals surface area contributed by atoms with Gasteiger partial charge < -0.3 is 38.8 Å². The number of aliphatic hydroxyl groups excluding tert-OH is 1. The van der Waals surface area contributed by atoms with Crippen LogP contribution in [0.25, 0.3) is 0 Å². The molecule has 0 radical (unpaired) electrons. The van der Waals surface area contributed by atoms with E-state index in [1.807, 2.05) is 25.0 Å². The number of aliphatic hydroxyl groups is 1. The van der Waals surface area contributed by atoms with Gasteiger partial charge in [-0.1, -0.05) is 86.4 Å². The summed E-state index contributed by atoms with van der Waals surface area (Å²) >= 11 is 0. The molecule has 296 valence electrons. The average molecular weight is 860 g/mol. The summed E-state index contributed by atoms with van der Waals surface area (Å²) in [5, 5.41) is 10.3. The molecule has 1 unspecified atom stereocenters. The Morgan fingerprint density at radius 2 is 0.900 bits per heavy atom. The minimum absolute atomic E-state index is 0.199. The molecule has 0 spiro atoms. The quantitative estimate of drug-likeness (QED) is 0.0264. The molecule has 0 aliphatic rings. The van der Waals surface area contributed by atoms with Gasteiger partial charge in [0.2, 0.25) is 0 Å². The van der Waals surface area contributed by atoms with Crippen LogP contribution in [-0.2, 0) is 33.3 Å². The fourth-order valence-corrected chi connectivity index (χ4v) is 8.47. The van der Waals surface area contributed by atoms with E-state index in [1.54, 1.807) is 86.4 Å². The van der Waals surface area contributed by atoms with Gasteiger partial charge in [0.25, 0.3) is 0 Å². The topological polar surface area (TPSA) is 118 Å². The van der Waals surface area contributed by atoms with Crippen molar-refractivity contribution >= 4 is 104 Å². The highest BCUT2D eigenvalue weighted by Gasteiger charge is 2.15. The van der Waals surface area contributed by atoms with Gasteiger partial charge in [0.1, 0.15) is 19.8 Å². The fourth-order valence-electron chi connectivity index (χ4n) is 4.37. The first kappa shape index (κ1) is 51.0. The van der Waals surface area contributed by atoms with Crippen molar-refractivity contribution in [3.05, 3.63) is 0 Å². The summed E-state index contributed by atoms with van der Waals surface area (Å²) in [5.74, 6) is 2.49. The molecule has 0 aromatic heterocycles. The molecule has 0 heterocycles. The normalized spacial score (nSPS) is 12.2. The summed E-state index contributed by atoms with van der Waals surface area (Å²) in [4.78, 5) is 43.5. The van der Waals surface area contributed by atoms with Crippen molar-refractivity contribution in [3.63, 3.8) is 0 Å². The predicted octanol–water partition coefficient (Wildman–Crippen LogP) is 5.87. The third kappa shape index (κ3) is 34.8. The molecule has 0 bridgehead atoms. The average Bonchev–Trinajstić information content (AvgIpc) is 3.10. The van der Waals surface area contributed by atoms with Gasteiger partial charge in [0.05, 0.1) is 25.9 Å². The Morgan fingerprint density at radius 3 is 1.28 bits per heavy atom. The second-order valence-corrected chi connectivity index (χ2v) is 21.4. The van der Waals surface area contributed by atoms with E-state index in [0.29, 0.717) is 65.4 Å². The maximum absolute atomic E-state index is 12.3. The van der Waals surface area contributed by atoms with Crippen LogP contribution in [0.4, 0.5) is 0 Å². The zero-order valence-electron chi connectivity index (χ0n) is 30.5. The summed E-state index contributed by atoms with van der Waals surface area (Å²) in [6.07, 6.45) is 10.3. The smallest absolute Gasteiger partial charge is 0.307 e. The van der Waals surface area contributed by atoms with Crippen LogP contribution in [0.3, 0.4) is 0 Å². The van der Waals surface area contributed by atoms with E-state index >= 15 is 0 Å². The molecule has 0 aromatic rings. The molecule has 0 amide bonds. The number of hydrogen-bond donors (Lipinski definition) is 1. The van der Waals surface area contributed by atoms with Crippen LogP contribution in [0.15, 0.2) is 0 Å². The molecule has 0 saturated heterocycles. The van der Waals surface area contributed by atoms with Crippen molar-refractivity contribution < 1.29 is 38.4 Å². The molecule has 1 atom stereocenters. The summed E-state index contributed by atoms with van der Waals surface area (Å²) in [6, 6.07) is 0. The van der Waals surface area contributed by atoms with Crippen molar-refractivity contribution in [2.24, 2.45) is 0 Å². The molecule has 11 nitrogen and oxygen atoms in total. The molecule has 0 saturated carbocycles. The number of ether oxygens (including phenoxy) is 4. The predicted molar refractivity (Wildman–Crippen MR) is 227 cm³/mol. The third-order valence-corrected chi connectivity index (χ3v) is 14.0. The van der Waals surface area contributed by atoms with E-state index in [0.717, 1.165) is 62.0 Å². The van der Waals surface area contributed by atoms with Crippen LogP contribution in [0.1, 0.15) is 38.5 Å². The SMILES string of the molecule is CSSCCOC(=O)CCN(CCCN(C)CCCN(CCC(=O)OCCSSC)CCC(O)OCCSSC)CCC(=O)OCCSSC. The number of carbonyl (C=O) groups is 3. The van der Waals surface area contributed by atoms with Crippen molar-refractivity contribution in [2.75, 3.05) is 134 Å². The minimum Gasteiger partial charge on any atom is -0.465 e. The van der Waals surface area contributed by atoms with E-state index in [2.05, 4.69) is 21.7 Å². The summed E-state index contributed by atoms with van der Waals surface area (Å²) < 4.78 is 21.6. The van der Waals surface area contributed by atoms with Crippen molar-refractivity contribution in [2.45, 2.75) is 44.8 Å². The Bertz CT molecular complexity index is 804. The lowest BCUT2D eigenvalue weighted by molar-refractivity contribution is -0.144. The Labute approximate surface area is 333 Å². The van der Waals surface area contributed by atoms with Gasteiger partial charge in [-0.05, 0) is 71.1 Å². The summed E-state index contributed by atoms with van der Waals surface area (Å²) in [7, 11) is 15.4. The van der Waals surface area contributed by atoms with Crippen molar-refractivity contribution in [1.82, 2.24) is 14.7 Å². The number of nitrogens with zero attached hydrogens (tertiary/aromatic N) is 3. The van der Waals surface area contributed by atoms with E-state index < -0.39 is 6.29 Å². The molecule has 0 aromatic carbocycles. The highest BCUT2D eigenvalue weighted by Crippen LogP contribution is 2.18. The molecule has 0 aliphatic heterocycles. The van der Waals surface area contributed by atoms with Crippen molar-refractivity contribution in [1.29, 1.82) is 0 Å². The van der Waals surface area contributed by atoms with Gasteiger partial charge in [-0.3, -0.25) is 14.4 Å². The standard InChI is InChI=1S/C31H61N3O8S8/c1-32(12-6-14-33(16-8-28(35)39-20-24-47-43-2)17-9-29(36)40-21-25-48-44-3)13-7-15-34(18-10-30(37)41-22-26-49-45-4)19-11-31(38)42-23-27-50-46-5/h28,35H,6-27H2,1-5H3. The Balaban J connectivity index is 4.81. The highest BCUT2D eigenvalue weighted by atomic mass is 33.1. The number of hydrogen-bond acceptors (Lipinski definition) is 19. The van der Waals surface area contributed by atoms with Crippen LogP contribution < -0.4 is 0 Å². The maximum atomic E-state index is 12.3. The monoisotopic (exact) mass is 859 g/mol. The van der Waals surface area contributed by atoms with E-state index in [9.17, 15) is 19.5 Å². The molecular weight excluding hydrogens is 799 g/mol. The second kappa shape index (κ2) is 38.3.